The number of alkyl halides is 9. The van der Waals surface area contributed by atoms with Gasteiger partial charge in [0, 0.05) is 11.6 Å². The van der Waals surface area contributed by atoms with Crippen molar-refractivity contribution >= 4 is 0 Å². The van der Waals surface area contributed by atoms with Crippen LogP contribution in [0, 0.1) is 5.82 Å². The van der Waals surface area contributed by atoms with E-state index >= 15 is 0 Å². The molecule has 0 unspecified atom stereocenters. The molecule has 0 saturated carbocycles. The van der Waals surface area contributed by atoms with E-state index in [9.17, 15) is 43.9 Å². The normalized spacial score (nSPS) is 15.0. The number of halogens is 10. The van der Waals surface area contributed by atoms with Crippen LogP contribution in [0.15, 0.2) is 12.1 Å². The summed E-state index contributed by atoms with van der Waals surface area (Å²) >= 11 is 0. The molecule has 11 heteroatoms. The summed E-state index contributed by atoms with van der Waals surface area (Å²) in [6.45, 7) is 0. The predicted octanol–water partition coefficient (Wildman–Crippen LogP) is 4.82. The molecule has 0 radical (unpaired) electrons. The molecule has 0 heterocycles. The Balaban J connectivity index is 3.51. The fourth-order valence-corrected chi connectivity index (χ4v) is 1.74. The van der Waals surface area contributed by atoms with Crippen molar-refractivity contribution in [2.75, 3.05) is 0 Å². The van der Waals surface area contributed by atoms with Crippen LogP contribution in [-0.4, -0.2) is 6.18 Å². The molecule has 22 heavy (non-hydrogen) atoms. The van der Waals surface area contributed by atoms with Crippen molar-refractivity contribution in [2.24, 2.45) is 5.73 Å². The Kier molecular flexibility index (Phi) is 4.71. The Bertz CT molecular complexity index is 540. The second-order valence-corrected chi connectivity index (χ2v) is 4.34. The van der Waals surface area contributed by atoms with Gasteiger partial charge in [-0.15, -0.1) is 0 Å². The lowest BCUT2D eigenvalue weighted by Gasteiger charge is -2.21. The molecule has 0 aliphatic rings. The zero-order valence-corrected chi connectivity index (χ0v) is 10.3. The van der Waals surface area contributed by atoms with Crippen molar-refractivity contribution in [1.29, 1.82) is 0 Å². The number of nitrogens with two attached hydrogens (primary N) is 1. The van der Waals surface area contributed by atoms with Gasteiger partial charge in [0.05, 0.1) is 17.5 Å². The minimum atomic E-state index is -5.50. The maximum atomic E-state index is 13.5. The van der Waals surface area contributed by atoms with E-state index in [0.29, 0.717) is 0 Å². The molecule has 0 spiro atoms. The molecule has 0 amide bonds. The Morgan fingerprint density at radius 3 is 1.73 bits per heavy atom. The van der Waals surface area contributed by atoms with Crippen molar-refractivity contribution in [2.45, 2.75) is 31.0 Å². The molecule has 1 aromatic carbocycles. The molecule has 1 rings (SSSR count). The average molecular weight is 343 g/mol. The molecule has 0 fully saturated rings. The molecule has 0 aliphatic carbocycles. The molecule has 0 bridgehead atoms. The van der Waals surface area contributed by atoms with Gasteiger partial charge in [0.15, 0.2) is 0 Å². The summed E-state index contributed by atoms with van der Waals surface area (Å²) in [7, 11) is 0. The van der Waals surface area contributed by atoms with Crippen LogP contribution < -0.4 is 5.73 Å². The highest BCUT2D eigenvalue weighted by atomic mass is 19.4. The summed E-state index contributed by atoms with van der Waals surface area (Å²) in [4.78, 5) is 0. The second-order valence-electron chi connectivity index (χ2n) is 4.34. The lowest BCUT2D eigenvalue weighted by molar-refractivity contribution is -0.147. The van der Waals surface area contributed by atoms with E-state index in [1.807, 2.05) is 0 Å². The standard InChI is InChI=1S/C11H7F10N/c12-6-2-4(10(16,17)18)1-5(11(19,20)21)8(6)7(22)3-9(13,14)15/h1-2,7H,3,22H2/t7-/m1/s1. The number of hydrogen-bond acceptors (Lipinski definition) is 1. The van der Waals surface area contributed by atoms with Gasteiger partial charge >= 0.3 is 18.5 Å². The van der Waals surface area contributed by atoms with E-state index < -0.39 is 59.6 Å². The topological polar surface area (TPSA) is 26.0 Å². The Hall–Kier alpha value is -1.52. The molecule has 0 aromatic heterocycles. The Morgan fingerprint density at radius 2 is 1.36 bits per heavy atom. The highest BCUT2D eigenvalue weighted by Gasteiger charge is 2.42. The van der Waals surface area contributed by atoms with Crippen LogP contribution in [0.3, 0.4) is 0 Å². The van der Waals surface area contributed by atoms with Crippen LogP contribution in [0.25, 0.3) is 0 Å². The molecule has 0 aliphatic heterocycles. The summed E-state index contributed by atoms with van der Waals surface area (Å²) in [5.41, 5.74) is -0.913. The minimum Gasteiger partial charge on any atom is -0.324 e. The molecular formula is C11H7F10N. The zero-order chi connectivity index (χ0) is 17.5. The first-order valence-corrected chi connectivity index (χ1v) is 5.43. The van der Waals surface area contributed by atoms with Crippen LogP contribution in [0.4, 0.5) is 43.9 Å². The maximum Gasteiger partial charge on any atom is 0.416 e. The highest BCUT2D eigenvalue weighted by molar-refractivity contribution is 5.38. The highest BCUT2D eigenvalue weighted by Crippen LogP contribution is 2.41. The van der Waals surface area contributed by atoms with Gasteiger partial charge in [0.25, 0.3) is 0 Å². The Labute approximate surface area is 116 Å². The minimum absolute atomic E-state index is 0.319. The molecule has 0 saturated heterocycles. The van der Waals surface area contributed by atoms with Gasteiger partial charge < -0.3 is 5.73 Å². The fourth-order valence-electron chi connectivity index (χ4n) is 1.74. The molecule has 2 N–H and O–H groups in total. The number of benzene rings is 1. The van der Waals surface area contributed by atoms with Crippen LogP contribution in [0.1, 0.15) is 29.2 Å². The zero-order valence-electron chi connectivity index (χ0n) is 10.3. The van der Waals surface area contributed by atoms with E-state index in [1.165, 1.54) is 0 Å². The molecule has 126 valence electrons. The SMILES string of the molecule is N[C@H](CC(F)(F)F)c1c(F)cc(C(F)(F)F)cc1C(F)(F)F. The summed E-state index contributed by atoms with van der Waals surface area (Å²) < 4.78 is 125. The average Bonchev–Trinajstić information content (AvgIpc) is 2.22. The summed E-state index contributed by atoms with van der Waals surface area (Å²) in [6.07, 6.45) is -17.8. The summed E-state index contributed by atoms with van der Waals surface area (Å²) in [6, 6.07) is -3.27. The van der Waals surface area contributed by atoms with Crippen molar-refractivity contribution in [1.82, 2.24) is 0 Å². The van der Waals surface area contributed by atoms with E-state index in [1.54, 1.807) is 0 Å². The first-order valence-electron chi connectivity index (χ1n) is 5.43. The smallest absolute Gasteiger partial charge is 0.324 e. The van der Waals surface area contributed by atoms with Gasteiger partial charge in [0.2, 0.25) is 0 Å². The number of hydrogen-bond donors (Lipinski definition) is 1. The van der Waals surface area contributed by atoms with Crippen LogP contribution in [0.5, 0.6) is 0 Å². The quantitative estimate of drug-likeness (QED) is 0.766. The second kappa shape index (κ2) is 5.60. The van der Waals surface area contributed by atoms with Gasteiger partial charge in [-0.05, 0) is 12.1 Å². The predicted molar refractivity (Wildman–Crippen MR) is 54.0 cm³/mol. The van der Waals surface area contributed by atoms with Gasteiger partial charge in [-0.25, -0.2) is 4.39 Å². The van der Waals surface area contributed by atoms with E-state index in [2.05, 4.69) is 0 Å². The lowest BCUT2D eigenvalue weighted by Crippen LogP contribution is -2.25. The third-order valence-electron chi connectivity index (χ3n) is 2.58. The molecule has 1 aromatic rings. The van der Waals surface area contributed by atoms with E-state index in [0.717, 1.165) is 0 Å². The third kappa shape index (κ3) is 4.49. The monoisotopic (exact) mass is 343 g/mol. The molecule has 1 nitrogen and oxygen atoms in total. The van der Waals surface area contributed by atoms with Crippen molar-refractivity contribution in [3.63, 3.8) is 0 Å². The first-order chi connectivity index (χ1) is 9.63. The lowest BCUT2D eigenvalue weighted by atomic mass is 9.95. The summed E-state index contributed by atoms with van der Waals surface area (Å²) in [5.74, 6) is -2.10. The van der Waals surface area contributed by atoms with Gasteiger partial charge in [-0.2, -0.15) is 39.5 Å². The van der Waals surface area contributed by atoms with Crippen molar-refractivity contribution in [3.05, 3.63) is 34.6 Å². The molecular weight excluding hydrogens is 336 g/mol. The van der Waals surface area contributed by atoms with Gasteiger partial charge in [-0.3, -0.25) is 0 Å². The van der Waals surface area contributed by atoms with Gasteiger partial charge in [0.1, 0.15) is 5.82 Å². The maximum absolute atomic E-state index is 13.5. The summed E-state index contributed by atoms with van der Waals surface area (Å²) in [5, 5.41) is 0. The van der Waals surface area contributed by atoms with E-state index in [4.69, 9.17) is 5.73 Å². The van der Waals surface area contributed by atoms with Crippen LogP contribution >= 0.6 is 0 Å². The van der Waals surface area contributed by atoms with Crippen molar-refractivity contribution < 1.29 is 43.9 Å². The third-order valence-corrected chi connectivity index (χ3v) is 2.58. The van der Waals surface area contributed by atoms with Crippen molar-refractivity contribution in [3.8, 4) is 0 Å². The van der Waals surface area contributed by atoms with Crippen LogP contribution in [0.2, 0.25) is 0 Å². The van der Waals surface area contributed by atoms with Crippen LogP contribution in [-0.2, 0) is 12.4 Å². The van der Waals surface area contributed by atoms with Gasteiger partial charge in [-0.1, -0.05) is 0 Å². The fraction of sp³-hybridized carbons (Fsp3) is 0.455. The first kappa shape index (κ1) is 18.5. The Morgan fingerprint density at radius 1 is 0.864 bits per heavy atom. The number of rotatable bonds is 2. The largest absolute Gasteiger partial charge is 0.416 e. The van der Waals surface area contributed by atoms with E-state index in [-0.39, 0.29) is 6.07 Å². The molecule has 1 atom stereocenters.